The first-order valence-electron chi connectivity index (χ1n) is 4.27. The quantitative estimate of drug-likeness (QED) is 0.581. The number of rotatable bonds is 2. The van der Waals surface area contributed by atoms with Crippen LogP contribution in [0.2, 0.25) is 0 Å². The van der Waals surface area contributed by atoms with Gasteiger partial charge in [-0.05, 0) is 19.1 Å². The van der Waals surface area contributed by atoms with E-state index in [1.807, 2.05) is 6.07 Å². The highest BCUT2D eigenvalue weighted by atomic mass is 31.2. The third kappa shape index (κ3) is 6.19. The van der Waals surface area contributed by atoms with Crippen molar-refractivity contribution in [2.75, 3.05) is 0 Å². The minimum absolute atomic E-state index is 0.322. The van der Waals surface area contributed by atoms with Crippen LogP contribution in [-0.2, 0) is 9.36 Å². The summed E-state index contributed by atoms with van der Waals surface area (Å²) in [5.41, 5.74) is -1.60. The zero-order valence-corrected chi connectivity index (χ0v) is 9.41. The third-order valence-corrected chi connectivity index (χ3v) is 2.85. The summed E-state index contributed by atoms with van der Waals surface area (Å²) in [6.07, 6.45) is 0. The summed E-state index contributed by atoms with van der Waals surface area (Å²) >= 11 is 0. The molecule has 1 atom stereocenters. The van der Waals surface area contributed by atoms with E-state index in [-0.39, 0.29) is 0 Å². The van der Waals surface area contributed by atoms with Crippen molar-refractivity contribution >= 4 is 13.6 Å². The van der Waals surface area contributed by atoms with Crippen molar-refractivity contribution < 1.29 is 29.4 Å². The lowest BCUT2D eigenvalue weighted by molar-refractivity contribution is -0.136. The summed E-state index contributed by atoms with van der Waals surface area (Å²) in [6, 6.07) is 8.71. The van der Waals surface area contributed by atoms with E-state index in [1.165, 1.54) is 0 Å². The Morgan fingerprint density at radius 2 is 1.69 bits per heavy atom. The van der Waals surface area contributed by atoms with Gasteiger partial charge in [0.05, 0.1) is 0 Å². The topological polar surface area (TPSA) is 115 Å². The second-order valence-electron chi connectivity index (χ2n) is 2.94. The highest BCUT2D eigenvalue weighted by molar-refractivity contribution is 7.53. The number of carboxylic acid groups (broad SMARTS) is 1. The number of aliphatic carboxylic acids is 1. The van der Waals surface area contributed by atoms with Gasteiger partial charge in [-0.1, -0.05) is 18.2 Å². The molecule has 0 heterocycles. The molecule has 0 saturated carbocycles. The molecule has 1 aromatic rings. The normalized spacial score (nSPS) is 12.2. The molecular weight excluding hydrogens is 235 g/mol. The average Bonchev–Trinajstić information content (AvgIpc) is 2.17. The van der Waals surface area contributed by atoms with Gasteiger partial charge >= 0.3 is 13.6 Å². The molecule has 90 valence electrons. The highest BCUT2D eigenvalue weighted by Gasteiger charge is 2.30. The van der Waals surface area contributed by atoms with E-state index < -0.39 is 19.2 Å². The van der Waals surface area contributed by atoms with Gasteiger partial charge in [0.15, 0.2) is 5.66 Å². The minimum atomic E-state index is -4.41. The molecule has 0 saturated heterocycles. The number of para-hydroxylation sites is 1. The molecule has 0 radical (unpaired) electrons. The van der Waals surface area contributed by atoms with Crippen LogP contribution in [0.1, 0.15) is 6.92 Å². The van der Waals surface area contributed by atoms with Gasteiger partial charge < -0.3 is 20.0 Å². The smallest absolute Gasteiger partial charge is 0.339 e. The number of hydrogen-bond donors (Lipinski definition) is 4. The van der Waals surface area contributed by atoms with E-state index in [1.54, 1.807) is 24.3 Å². The van der Waals surface area contributed by atoms with E-state index in [0.29, 0.717) is 5.75 Å². The van der Waals surface area contributed by atoms with Crippen LogP contribution in [0.4, 0.5) is 0 Å². The van der Waals surface area contributed by atoms with Crippen LogP contribution < -0.4 is 0 Å². The Balaban J connectivity index is 0.000000288. The van der Waals surface area contributed by atoms with Crippen molar-refractivity contribution in [2.45, 2.75) is 12.6 Å². The second kappa shape index (κ2) is 6.27. The van der Waals surface area contributed by atoms with Crippen LogP contribution in [0, 0.1) is 0 Å². The number of carbonyl (C=O) groups is 1. The van der Waals surface area contributed by atoms with Crippen LogP contribution in [0.5, 0.6) is 5.75 Å². The summed E-state index contributed by atoms with van der Waals surface area (Å²) in [7, 11) is -4.41. The van der Waals surface area contributed by atoms with Crippen LogP contribution in [0.3, 0.4) is 0 Å². The first-order chi connectivity index (χ1) is 7.25. The van der Waals surface area contributed by atoms with Crippen molar-refractivity contribution in [3.8, 4) is 5.75 Å². The predicted octanol–water partition coefficient (Wildman–Crippen LogP) is 1.03. The zero-order chi connectivity index (χ0) is 12.8. The van der Waals surface area contributed by atoms with Gasteiger partial charge in [-0.25, -0.2) is 0 Å². The van der Waals surface area contributed by atoms with E-state index in [2.05, 4.69) is 0 Å². The molecule has 0 amide bonds. The Morgan fingerprint density at radius 3 is 1.81 bits per heavy atom. The standard InChI is InChI=1S/C6H6O.C3H7O5P/c7-6-4-2-1-3-5-6;1-2(3(4)5)9(6,7)8/h1-5,7H;2H,1H3,(H,4,5)(H2,6,7,8). The second-order valence-corrected chi connectivity index (χ2v) is 4.89. The summed E-state index contributed by atoms with van der Waals surface area (Å²) < 4.78 is 10.1. The lowest BCUT2D eigenvalue weighted by Gasteiger charge is -2.06. The monoisotopic (exact) mass is 248 g/mol. The van der Waals surface area contributed by atoms with Crippen molar-refractivity contribution in [2.24, 2.45) is 0 Å². The average molecular weight is 248 g/mol. The highest BCUT2D eigenvalue weighted by Crippen LogP contribution is 2.40. The third-order valence-electron chi connectivity index (χ3n) is 1.62. The molecule has 0 aliphatic rings. The van der Waals surface area contributed by atoms with Crippen LogP contribution in [0.15, 0.2) is 30.3 Å². The number of benzene rings is 1. The van der Waals surface area contributed by atoms with Crippen LogP contribution in [-0.4, -0.2) is 31.6 Å². The maximum absolute atomic E-state index is 10.1. The Labute approximate surface area is 92.3 Å². The van der Waals surface area contributed by atoms with Gasteiger partial charge in [0.25, 0.3) is 0 Å². The predicted molar refractivity (Wildman–Crippen MR) is 57.2 cm³/mol. The number of aromatic hydroxyl groups is 1. The fraction of sp³-hybridized carbons (Fsp3) is 0.222. The van der Waals surface area contributed by atoms with E-state index in [0.717, 1.165) is 6.92 Å². The maximum Gasteiger partial charge on any atom is 0.339 e. The molecule has 16 heavy (non-hydrogen) atoms. The van der Waals surface area contributed by atoms with Gasteiger partial charge in [-0.15, -0.1) is 0 Å². The Morgan fingerprint density at radius 1 is 1.25 bits per heavy atom. The molecule has 1 aromatic carbocycles. The Bertz CT molecular complexity index is 371. The van der Waals surface area contributed by atoms with Crippen LogP contribution >= 0.6 is 7.60 Å². The van der Waals surface area contributed by atoms with Crippen molar-refractivity contribution in [1.82, 2.24) is 0 Å². The summed E-state index contributed by atoms with van der Waals surface area (Å²) in [5.74, 6) is -1.16. The molecule has 0 aliphatic carbocycles. The fourth-order valence-electron chi connectivity index (χ4n) is 0.572. The summed E-state index contributed by atoms with van der Waals surface area (Å²) in [6.45, 7) is 0.961. The van der Waals surface area contributed by atoms with E-state index >= 15 is 0 Å². The Hall–Kier alpha value is -1.36. The van der Waals surface area contributed by atoms with Gasteiger partial charge in [-0.2, -0.15) is 0 Å². The van der Waals surface area contributed by atoms with Crippen LogP contribution in [0.25, 0.3) is 0 Å². The lowest BCUT2D eigenvalue weighted by Crippen LogP contribution is -2.15. The molecule has 4 N–H and O–H groups in total. The molecule has 0 fully saturated rings. The molecule has 0 bridgehead atoms. The van der Waals surface area contributed by atoms with Gasteiger partial charge in [0, 0.05) is 0 Å². The van der Waals surface area contributed by atoms with Crippen molar-refractivity contribution in [1.29, 1.82) is 0 Å². The van der Waals surface area contributed by atoms with Gasteiger partial charge in [0.2, 0.25) is 0 Å². The zero-order valence-electron chi connectivity index (χ0n) is 8.52. The first kappa shape index (κ1) is 14.6. The molecule has 0 spiro atoms. The van der Waals surface area contributed by atoms with Crippen molar-refractivity contribution in [3.05, 3.63) is 30.3 Å². The lowest BCUT2D eigenvalue weighted by atomic mass is 10.3. The largest absolute Gasteiger partial charge is 0.508 e. The molecule has 7 heteroatoms. The SMILES string of the molecule is CC(C(=O)O)P(=O)(O)O.Oc1ccccc1. The molecule has 1 rings (SSSR count). The number of carboxylic acids is 1. The summed E-state index contributed by atoms with van der Waals surface area (Å²) in [5, 5.41) is 16.7. The van der Waals surface area contributed by atoms with Gasteiger partial charge in [0.1, 0.15) is 5.75 Å². The molecule has 1 unspecified atom stereocenters. The van der Waals surface area contributed by atoms with Gasteiger partial charge in [-0.3, -0.25) is 9.36 Å². The molecule has 0 aromatic heterocycles. The number of hydrogen-bond acceptors (Lipinski definition) is 3. The van der Waals surface area contributed by atoms with E-state index in [9.17, 15) is 9.36 Å². The fourth-order valence-corrected chi connectivity index (χ4v) is 0.860. The first-order valence-corrected chi connectivity index (χ1v) is 5.95. The minimum Gasteiger partial charge on any atom is -0.508 e. The molecular formula is C9H13O6P. The summed E-state index contributed by atoms with van der Waals surface area (Å²) in [4.78, 5) is 26.2. The Kier molecular flexibility index (Phi) is 5.74. The van der Waals surface area contributed by atoms with Crippen molar-refractivity contribution in [3.63, 3.8) is 0 Å². The van der Waals surface area contributed by atoms with E-state index in [4.69, 9.17) is 20.0 Å². The number of phenols is 1. The maximum atomic E-state index is 10.1. The number of phenolic OH excluding ortho intramolecular Hbond substituents is 1. The molecule has 0 aliphatic heterocycles. The molecule has 6 nitrogen and oxygen atoms in total.